The van der Waals surface area contributed by atoms with Crippen LogP contribution in [0.4, 0.5) is 0 Å². The molecule has 0 spiro atoms. The number of aliphatic carboxylic acids is 1. The van der Waals surface area contributed by atoms with E-state index in [2.05, 4.69) is 10.2 Å². The maximum absolute atomic E-state index is 11.9. The summed E-state index contributed by atoms with van der Waals surface area (Å²) in [4.78, 5) is 25.7. The SMILES string of the molecule is O=C(O)CN(CC1CC1)C1CC(NC(=O)c2cccs2)C1. The first kappa shape index (κ1) is 14.5. The summed E-state index contributed by atoms with van der Waals surface area (Å²) in [6.07, 6.45) is 4.16. The average Bonchev–Trinajstić information content (AvgIpc) is 3.03. The van der Waals surface area contributed by atoms with Gasteiger partial charge < -0.3 is 10.4 Å². The van der Waals surface area contributed by atoms with E-state index >= 15 is 0 Å². The van der Waals surface area contributed by atoms with Crippen molar-refractivity contribution in [3.8, 4) is 0 Å². The number of rotatable bonds is 7. The van der Waals surface area contributed by atoms with E-state index in [4.69, 9.17) is 5.11 Å². The number of carboxylic acid groups (broad SMARTS) is 1. The molecule has 1 heterocycles. The Morgan fingerprint density at radius 2 is 2.14 bits per heavy atom. The van der Waals surface area contributed by atoms with Crippen LogP contribution in [0.1, 0.15) is 35.4 Å². The molecule has 1 aromatic rings. The Labute approximate surface area is 128 Å². The van der Waals surface area contributed by atoms with Crippen LogP contribution < -0.4 is 5.32 Å². The molecule has 2 saturated carbocycles. The third-order valence-electron chi connectivity index (χ3n) is 4.24. The molecule has 21 heavy (non-hydrogen) atoms. The minimum atomic E-state index is -0.762. The molecule has 2 aliphatic rings. The van der Waals surface area contributed by atoms with Crippen LogP contribution in [0.5, 0.6) is 0 Å². The lowest BCUT2D eigenvalue weighted by Gasteiger charge is -2.42. The molecule has 0 radical (unpaired) electrons. The Bertz CT molecular complexity index is 507. The molecule has 3 rings (SSSR count). The Balaban J connectivity index is 1.46. The van der Waals surface area contributed by atoms with E-state index < -0.39 is 5.97 Å². The van der Waals surface area contributed by atoms with E-state index in [1.165, 1.54) is 24.2 Å². The van der Waals surface area contributed by atoms with E-state index in [0.29, 0.717) is 12.0 Å². The quantitative estimate of drug-likeness (QED) is 0.806. The van der Waals surface area contributed by atoms with E-state index in [0.717, 1.165) is 24.3 Å². The van der Waals surface area contributed by atoms with Crippen LogP contribution in [0.15, 0.2) is 17.5 Å². The van der Waals surface area contributed by atoms with Crippen molar-refractivity contribution in [2.75, 3.05) is 13.1 Å². The first-order chi connectivity index (χ1) is 10.1. The maximum Gasteiger partial charge on any atom is 0.317 e. The molecule has 0 bridgehead atoms. The Kier molecular flexibility index (Phi) is 4.26. The number of hydrogen-bond acceptors (Lipinski definition) is 4. The molecule has 114 valence electrons. The molecule has 0 saturated heterocycles. The van der Waals surface area contributed by atoms with Gasteiger partial charge in [-0.05, 0) is 43.0 Å². The highest BCUT2D eigenvalue weighted by Crippen LogP contribution is 2.33. The summed E-state index contributed by atoms with van der Waals surface area (Å²) >= 11 is 1.44. The molecule has 2 fully saturated rings. The number of nitrogens with zero attached hydrogens (tertiary/aromatic N) is 1. The van der Waals surface area contributed by atoms with Crippen LogP contribution in [0.25, 0.3) is 0 Å². The third kappa shape index (κ3) is 3.83. The van der Waals surface area contributed by atoms with Crippen LogP contribution in [-0.4, -0.2) is 47.1 Å². The van der Waals surface area contributed by atoms with Crippen molar-refractivity contribution in [2.24, 2.45) is 5.92 Å². The van der Waals surface area contributed by atoms with Crippen molar-refractivity contribution in [3.63, 3.8) is 0 Å². The lowest BCUT2D eigenvalue weighted by atomic mass is 9.85. The lowest BCUT2D eigenvalue weighted by molar-refractivity contribution is -0.139. The number of hydrogen-bond donors (Lipinski definition) is 2. The van der Waals surface area contributed by atoms with Crippen molar-refractivity contribution < 1.29 is 14.7 Å². The van der Waals surface area contributed by atoms with Gasteiger partial charge in [0.05, 0.1) is 11.4 Å². The predicted octanol–water partition coefficient (Wildman–Crippen LogP) is 1.81. The van der Waals surface area contributed by atoms with Gasteiger partial charge >= 0.3 is 5.97 Å². The van der Waals surface area contributed by atoms with Crippen LogP contribution >= 0.6 is 11.3 Å². The summed E-state index contributed by atoms with van der Waals surface area (Å²) in [5.41, 5.74) is 0. The summed E-state index contributed by atoms with van der Waals surface area (Å²) in [7, 11) is 0. The van der Waals surface area contributed by atoms with Gasteiger partial charge in [-0.15, -0.1) is 11.3 Å². The minimum Gasteiger partial charge on any atom is -0.480 e. The van der Waals surface area contributed by atoms with Gasteiger partial charge in [-0.1, -0.05) is 6.07 Å². The van der Waals surface area contributed by atoms with Gasteiger partial charge in [-0.25, -0.2) is 0 Å². The number of nitrogens with one attached hydrogen (secondary N) is 1. The van der Waals surface area contributed by atoms with Gasteiger partial charge in [0.1, 0.15) is 0 Å². The first-order valence-corrected chi connectivity index (χ1v) is 8.30. The van der Waals surface area contributed by atoms with Crippen LogP contribution in [0, 0.1) is 5.92 Å². The molecule has 0 aliphatic heterocycles. The lowest BCUT2D eigenvalue weighted by Crippen LogP contribution is -2.55. The average molecular weight is 308 g/mol. The van der Waals surface area contributed by atoms with E-state index in [1.807, 2.05) is 17.5 Å². The Hall–Kier alpha value is -1.40. The summed E-state index contributed by atoms with van der Waals surface area (Å²) in [5.74, 6) is -0.0914. The first-order valence-electron chi connectivity index (χ1n) is 7.42. The van der Waals surface area contributed by atoms with Gasteiger partial charge in [-0.2, -0.15) is 0 Å². The number of carbonyl (C=O) groups is 2. The predicted molar refractivity (Wildman–Crippen MR) is 80.5 cm³/mol. The zero-order valence-electron chi connectivity index (χ0n) is 11.8. The number of carbonyl (C=O) groups excluding carboxylic acids is 1. The minimum absolute atomic E-state index is 0.0135. The highest BCUT2D eigenvalue weighted by molar-refractivity contribution is 7.12. The molecular weight excluding hydrogens is 288 g/mol. The number of amides is 1. The molecular formula is C15H20N2O3S. The normalized spacial score (nSPS) is 24.6. The molecule has 6 heteroatoms. The van der Waals surface area contributed by atoms with E-state index in [-0.39, 0.29) is 18.5 Å². The Morgan fingerprint density at radius 1 is 1.38 bits per heavy atom. The summed E-state index contributed by atoms with van der Waals surface area (Å²) in [6, 6.07) is 4.17. The second-order valence-electron chi connectivity index (χ2n) is 6.04. The van der Waals surface area contributed by atoms with Crippen molar-refractivity contribution in [1.29, 1.82) is 0 Å². The standard InChI is InChI=1S/C15H20N2O3S/c18-14(19)9-17(8-10-3-4-10)12-6-11(7-12)16-15(20)13-2-1-5-21-13/h1-2,5,10-12H,3-4,6-9H2,(H,16,20)(H,18,19). The van der Waals surface area contributed by atoms with Gasteiger partial charge in [0, 0.05) is 18.6 Å². The fourth-order valence-corrected chi connectivity index (χ4v) is 3.44. The number of carboxylic acids is 1. The summed E-state index contributed by atoms with van der Waals surface area (Å²) in [5, 5.41) is 13.9. The molecule has 5 nitrogen and oxygen atoms in total. The largest absolute Gasteiger partial charge is 0.480 e. The van der Waals surface area contributed by atoms with Gasteiger partial charge in [0.15, 0.2) is 0 Å². The summed E-state index contributed by atoms with van der Waals surface area (Å²) < 4.78 is 0. The van der Waals surface area contributed by atoms with Crippen molar-refractivity contribution in [3.05, 3.63) is 22.4 Å². The monoisotopic (exact) mass is 308 g/mol. The fraction of sp³-hybridized carbons (Fsp3) is 0.600. The molecule has 0 unspecified atom stereocenters. The zero-order chi connectivity index (χ0) is 14.8. The maximum atomic E-state index is 11.9. The Morgan fingerprint density at radius 3 is 2.71 bits per heavy atom. The molecule has 0 atom stereocenters. The number of thiophene rings is 1. The van der Waals surface area contributed by atoms with Crippen LogP contribution in [-0.2, 0) is 4.79 Å². The molecule has 2 N–H and O–H groups in total. The molecule has 0 aromatic carbocycles. The van der Waals surface area contributed by atoms with Crippen molar-refractivity contribution >= 4 is 23.2 Å². The van der Waals surface area contributed by atoms with Gasteiger partial charge in [0.25, 0.3) is 5.91 Å². The van der Waals surface area contributed by atoms with Crippen LogP contribution in [0.3, 0.4) is 0 Å². The fourth-order valence-electron chi connectivity index (χ4n) is 2.82. The zero-order valence-corrected chi connectivity index (χ0v) is 12.6. The highest BCUT2D eigenvalue weighted by Gasteiger charge is 2.37. The molecule has 2 aliphatic carbocycles. The second kappa shape index (κ2) is 6.15. The highest BCUT2D eigenvalue weighted by atomic mass is 32.1. The van der Waals surface area contributed by atoms with Crippen molar-refractivity contribution in [2.45, 2.75) is 37.8 Å². The smallest absolute Gasteiger partial charge is 0.317 e. The van der Waals surface area contributed by atoms with E-state index in [9.17, 15) is 9.59 Å². The van der Waals surface area contributed by atoms with Crippen molar-refractivity contribution in [1.82, 2.24) is 10.2 Å². The van der Waals surface area contributed by atoms with E-state index in [1.54, 1.807) is 0 Å². The summed E-state index contributed by atoms with van der Waals surface area (Å²) in [6.45, 7) is 1.01. The molecule has 1 amide bonds. The third-order valence-corrected chi connectivity index (χ3v) is 5.11. The van der Waals surface area contributed by atoms with Gasteiger partial charge in [-0.3, -0.25) is 14.5 Å². The van der Waals surface area contributed by atoms with Crippen LogP contribution in [0.2, 0.25) is 0 Å². The topological polar surface area (TPSA) is 69.6 Å². The second-order valence-corrected chi connectivity index (χ2v) is 6.99. The van der Waals surface area contributed by atoms with Gasteiger partial charge in [0.2, 0.25) is 0 Å². The molecule has 1 aromatic heterocycles.